The number of nitrogens with zero attached hydrogens (tertiary/aromatic N) is 4. The van der Waals surface area contributed by atoms with Crippen molar-refractivity contribution in [3.63, 3.8) is 0 Å². The van der Waals surface area contributed by atoms with Crippen molar-refractivity contribution in [1.82, 2.24) is 20.0 Å². The van der Waals surface area contributed by atoms with Crippen LogP contribution >= 0.6 is 0 Å². The normalized spacial score (nSPS) is 17.8. The van der Waals surface area contributed by atoms with E-state index in [1.165, 1.54) is 17.7 Å². The number of aliphatic imine (C=N–C) groups is 1. The van der Waals surface area contributed by atoms with Gasteiger partial charge in [0.05, 0.1) is 6.20 Å². The van der Waals surface area contributed by atoms with Gasteiger partial charge in [-0.3, -0.25) is 9.67 Å². The summed E-state index contributed by atoms with van der Waals surface area (Å²) in [7, 11) is 3.68. The Morgan fingerprint density at radius 3 is 2.96 bits per heavy atom. The predicted molar refractivity (Wildman–Crippen MR) is 98.0 cm³/mol. The van der Waals surface area contributed by atoms with Crippen LogP contribution in [0.5, 0.6) is 0 Å². The molecule has 0 bridgehead atoms. The average Bonchev–Trinajstić information content (AvgIpc) is 3.24. The third kappa shape index (κ3) is 4.59. The monoisotopic (exact) mass is 361 g/mol. The Kier molecular flexibility index (Phi) is 5.85. The van der Waals surface area contributed by atoms with Gasteiger partial charge in [-0.1, -0.05) is 0 Å². The Balaban J connectivity index is 1.49. The number of hydrogen-bond donors (Lipinski definition) is 1. The molecule has 0 aliphatic carbocycles. The van der Waals surface area contributed by atoms with Crippen molar-refractivity contribution < 1.29 is 8.78 Å². The van der Waals surface area contributed by atoms with E-state index in [1.54, 1.807) is 7.05 Å². The minimum Gasteiger partial charge on any atom is -0.356 e. The molecular formula is C19H25F2N5. The van der Waals surface area contributed by atoms with Crippen LogP contribution in [0, 0.1) is 17.6 Å². The van der Waals surface area contributed by atoms with Gasteiger partial charge < -0.3 is 10.2 Å². The molecule has 0 spiro atoms. The van der Waals surface area contributed by atoms with Gasteiger partial charge >= 0.3 is 0 Å². The molecule has 0 radical (unpaired) electrons. The summed E-state index contributed by atoms with van der Waals surface area (Å²) in [5.74, 6) is 0.596. The number of guanidine groups is 1. The summed E-state index contributed by atoms with van der Waals surface area (Å²) in [6.45, 7) is 2.39. The van der Waals surface area contributed by atoms with Crippen LogP contribution in [0.15, 0.2) is 35.6 Å². The zero-order valence-corrected chi connectivity index (χ0v) is 15.3. The summed E-state index contributed by atoms with van der Waals surface area (Å²) in [6.07, 6.45) is 6.51. The second kappa shape index (κ2) is 8.29. The molecule has 1 saturated heterocycles. The van der Waals surface area contributed by atoms with Gasteiger partial charge in [-0.05, 0) is 54.5 Å². The lowest BCUT2D eigenvalue weighted by molar-refractivity contribution is 0.460. The molecule has 2 heterocycles. The first-order chi connectivity index (χ1) is 12.5. The van der Waals surface area contributed by atoms with Gasteiger partial charge in [0.15, 0.2) is 5.96 Å². The minimum absolute atomic E-state index is 0.374. The fourth-order valence-corrected chi connectivity index (χ4v) is 3.48. The van der Waals surface area contributed by atoms with E-state index in [1.807, 2.05) is 17.9 Å². The number of aryl methyl sites for hydroxylation is 1. The summed E-state index contributed by atoms with van der Waals surface area (Å²) >= 11 is 0. The molecule has 1 aliphatic heterocycles. The number of halogens is 2. The smallest absolute Gasteiger partial charge is 0.193 e. The zero-order valence-electron chi connectivity index (χ0n) is 15.3. The summed E-state index contributed by atoms with van der Waals surface area (Å²) in [4.78, 5) is 6.56. The van der Waals surface area contributed by atoms with E-state index in [0.29, 0.717) is 24.4 Å². The quantitative estimate of drug-likeness (QED) is 0.657. The zero-order chi connectivity index (χ0) is 18.5. The van der Waals surface area contributed by atoms with Gasteiger partial charge in [-0.15, -0.1) is 0 Å². The fraction of sp³-hybridized carbons (Fsp3) is 0.474. The summed E-state index contributed by atoms with van der Waals surface area (Å²) in [5, 5.41) is 7.49. The Labute approximate surface area is 152 Å². The number of aromatic nitrogens is 2. The maximum absolute atomic E-state index is 13.7. The van der Waals surface area contributed by atoms with Crippen LogP contribution < -0.4 is 5.32 Å². The van der Waals surface area contributed by atoms with E-state index in [0.717, 1.165) is 38.0 Å². The van der Waals surface area contributed by atoms with Crippen LogP contribution in [0.2, 0.25) is 0 Å². The largest absolute Gasteiger partial charge is 0.356 e. The molecule has 3 rings (SSSR count). The Hall–Kier alpha value is -2.44. The Bertz CT molecular complexity index is 771. The average molecular weight is 361 g/mol. The number of rotatable bonds is 5. The number of likely N-dealkylation sites (tertiary alicyclic amines) is 1. The summed E-state index contributed by atoms with van der Waals surface area (Å²) < 4.78 is 28.8. The highest BCUT2D eigenvalue weighted by molar-refractivity contribution is 5.80. The molecular weight excluding hydrogens is 336 g/mol. The summed E-state index contributed by atoms with van der Waals surface area (Å²) in [6, 6.07) is 3.56. The van der Waals surface area contributed by atoms with Gasteiger partial charge in [0, 0.05) is 39.9 Å². The maximum atomic E-state index is 13.7. The lowest BCUT2D eigenvalue weighted by Crippen LogP contribution is -2.41. The first-order valence-electron chi connectivity index (χ1n) is 8.92. The van der Waals surface area contributed by atoms with Crippen LogP contribution in [0.1, 0.15) is 17.5 Å². The molecule has 1 fully saturated rings. The number of benzene rings is 1. The lowest BCUT2D eigenvalue weighted by atomic mass is 10.0. The second-order valence-corrected chi connectivity index (χ2v) is 6.79. The first kappa shape index (κ1) is 18.4. The van der Waals surface area contributed by atoms with E-state index < -0.39 is 5.82 Å². The van der Waals surface area contributed by atoms with Crippen LogP contribution in [0.3, 0.4) is 0 Å². The van der Waals surface area contributed by atoms with Crippen LogP contribution in [-0.4, -0.2) is 47.3 Å². The molecule has 0 amide bonds. The molecule has 0 saturated carbocycles. The van der Waals surface area contributed by atoms with E-state index >= 15 is 0 Å². The molecule has 1 aromatic carbocycles. The lowest BCUT2D eigenvalue weighted by Gasteiger charge is -2.21. The molecule has 2 aromatic rings. The highest BCUT2D eigenvalue weighted by Crippen LogP contribution is 2.20. The van der Waals surface area contributed by atoms with Gasteiger partial charge in [-0.2, -0.15) is 5.10 Å². The SMILES string of the molecule is CN=C(NCCc1cc(F)ccc1F)N1CCC(Cc2cnn(C)c2)C1. The predicted octanol–water partition coefficient (Wildman–Crippen LogP) is 2.38. The van der Waals surface area contributed by atoms with Crippen molar-refractivity contribution in [3.05, 3.63) is 53.4 Å². The topological polar surface area (TPSA) is 45.5 Å². The molecule has 1 N–H and O–H groups in total. The van der Waals surface area contributed by atoms with E-state index in [-0.39, 0.29) is 5.82 Å². The van der Waals surface area contributed by atoms with Gasteiger partial charge in [0.2, 0.25) is 0 Å². The van der Waals surface area contributed by atoms with Crippen LogP contribution in [0.25, 0.3) is 0 Å². The van der Waals surface area contributed by atoms with E-state index in [9.17, 15) is 8.78 Å². The Morgan fingerprint density at radius 2 is 2.23 bits per heavy atom. The van der Waals surface area contributed by atoms with Crippen molar-refractivity contribution in [1.29, 1.82) is 0 Å². The number of nitrogens with one attached hydrogen (secondary N) is 1. The van der Waals surface area contributed by atoms with Gasteiger partial charge in [-0.25, -0.2) is 8.78 Å². The highest BCUT2D eigenvalue weighted by Gasteiger charge is 2.25. The molecule has 1 atom stereocenters. The molecule has 7 heteroatoms. The van der Waals surface area contributed by atoms with Crippen LogP contribution in [0.4, 0.5) is 8.78 Å². The minimum atomic E-state index is -0.413. The van der Waals surface area contributed by atoms with E-state index in [4.69, 9.17) is 0 Å². The van der Waals surface area contributed by atoms with Gasteiger partial charge in [0.1, 0.15) is 11.6 Å². The van der Waals surface area contributed by atoms with Crippen molar-refractivity contribution in [3.8, 4) is 0 Å². The van der Waals surface area contributed by atoms with Gasteiger partial charge in [0.25, 0.3) is 0 Å². The Morgan fingerprint density at radius 1 is 1.38 bits per heavy atom. The third-order valence-electron chi connectivity index (χ3n) is 4.77. The second-order valence-electron chi connectivity index (χ2n) is 6.79. The molecule has 140 valence electrons. The summed E-state index contributed by atoms with van der Waals surface area (Å²) in [5.41, 5.74) is 1.63. The van der Waals surface area contributed by atoms with E-state index in [2.05, 4.69) is 26.5 Å². The molecule has 1 aliphatic rings. The number of hydrogen-bond acceptors (Lipinski definition) is 2. The standard InChI is InChI=1S/C19H25F2N5/c1-22-19(23-7-5-16-10-17(20)3-4-18(16)21)26-8-6-14(13-26)9-15-11-24-25(2)12-15/h3-4,10-12,14H,5-9,13H2,1-2H3,(H,22,23). The van der Waals surface area contributed by atoms with Crippen molar-refractivity contribution in [2.75, 3.05) is 26.7 Å². The molecule has 1 unspecified atom stereocenters. The maximum Gasteiger partial charge on any atom is 0.193 e. The fourth-order valence-electron chi connectivity index (χ4n) is 3.48. The first-order valence-corrected chi connectivity index (χ1v) is 8.92. The van der Waals surface area contributed by atoms with Crippen molar-refractivity contribution >= 4 is 5.96 Å². The third-order valence-corrected chi connectivity index (χ3v) is 4.77. The molecule has 5 nitrogen and oxygen atoms in total. The highest BCUT2D eigenvalue weighted by atomic mass is 19.1. The molecule has 26 heavy (non-hydrogen) atoms. The molecule has 1 aromatic heterocycles. The van der Waals surface area contributed by atoms with Crippen molar-refractivity contribution in [2.45, 2.75) is 19.3 Å². The van der Waals surface area contributed by atoms with Crippen molar-refractivity contribution in [2.24, 2.45) is 18.0 Å². The van der Waals surface area contributed by atoms with Crippen LogP contribution in [-0.2, 0) is 19.9 Å².